The summed E-state index contributed by atoms with van der Waals surface area (Å²) in [6.07, 6.45) is -0.604. The van der Waals surface area contributed by atoms with Crippen LogP contribution in [-0.2, 0) is 10.8 Å². The van der Waals surface area contributed by atoms with Gasteiger partial charge in [0.15, 0.2) is 17.5 Å². The Balaban J connectivity index is 1.53. The fourth-order valence-corrected chi connectivity index (χ4v) is 4.40. The first kappa shape index (κ1) is 26.0. The maximum Gasteiger partial charge on any atom is 0.432 e. The Morgan fingerprint density at radius 2 is 1.44 bits per heavy atom. The number of ether oxygens (including phenoxy) is 2. The maximum absolute atomic E-state index is 14.7. The van der Waals surface area contributed by atoms with Crippen LogP contribution in [0.3, 0.4) is 0 Å². The second-order valence-corrected chi connectivity index (χ2v) is 8.81. The van der Waals surface area contributed by atoms with Crippen LogP contribution in [0.2, 0.25) is 0 Å². The van der Waals surface area contributed by atoms with E-state index >= 15 is 0 Å². The minimum Gasteiger partial charge on any atom is -0.429 e. The highest BCUT2D eigenvalue weighted by molar-refractivity contribution is 5.64. The molecule has 1 saturated heterocycles. The lowest BCUT2D eigenvalue weighted by molar-refractivity contribution is -0.189. The van der Waals surface area contributed by atoms with Gasteiger partial charge in [-0.25, -0.2) is 22.0 Å². The molecule has 36 heavy (non-hydrogen) atoms. The van der Waals surface area contributed by atoms with Gasteiger partial charge in [0.2, 0.25) is 0 Å². The van der Waals surface area contributed by atoms with Crippen LogP contribution in [0.1, 0.15) is 49.8 Å². The molecule has 2 atom stereocenters. The van der Waals surface area contributed by atoms with Crippen molar-refractivity contribution in [1.29, 1.82) is 0 Å². The summed E-state index contributed by atoms with van der Waals surface area (Å²) >= 11 is 0. The zero-order valence-corrected chi connectivity index (χ0v) is 19.3. The van der Waals surface area contributed by atoms with Crippen molar-refractivity contribution in [3.05, 3.63) is 88.7 Å². The SMILES string of the molecule is CCCC1CCC(c2ccc(-c3cc(F)c(C(F)(F)Oc4cc(F)c(F)c(F)c4)c(F)c3)cc2)OC1. The highest BCUT2D eigenvalue weighted by Crippen LogP contribution is 2.38. The van der Waals surface area contributed by atoms with E-state index in [-0.39, 0.29) is 23.8 Å². The Labute approximate surface area is 203 Å². The lowest BCUT2D eigenvalue weighted by atomic mass is 9.91. The Hall–Kier alpha value is -3.07. The van der Waals surface area contributed by atoms with Gasteiger partial charge in [-0.05, 0) is 54.0 Å². The van der Waals surface area contributed by atoms with Gasteiger partial charge in [-0.2, -0.15) is 8.78 Å². The van der Waals surface area contributed by atoms with Crippen molar-refractivity contribution in [2.24, 2.45) is 5.92 Å². The van der Waals surface area contributed by atoms with E-state index in [9.17, 15) is 30.7 Å². The summed E-state index contributed by atoms with van der Waals surface area (Å²) in [5.41, 5.74) is -0.451. The second-order valence-electron chi connectivity index (χ2n) is 8.81. The van der Waals surface area contributed by atoms with Crippen LogP contribution >= 0.6 is 0 Å². The van der Waals surface area contributed by atoms with Crippen molar-refractivity contribution in [2.75, 3.05) is 6.61 Å². The highest BCUT2D eigenvalue weighted by atomic mass is 19.3. The van der Waals surface area contributed by atoms with Crippen molar-refractivity contribution in [3.8, 4) is 16.9 Å². The van der Waals surface area contributed by atoms with Gasteiger partial charge in [0, 0.05) is 12.1 Å². The lowest BCUT2D eigenvalue weighted by Gasteiger charge is -2.29. The van der Waals surface area contributed by atoms with E-state index in [1.54, 1.807) is 24.3 Å². The predicted octanol–water partition coefficient (Wildman–Crippen LogP) is 8.45. The zero-order valence-electron chi connectivity index (χ0n) is 19.3. The van der Waals surface area contributed by atoms with Crippen LogP contribution in [0, 0.1) is 35.0 Å². The normalized spacial score (nSPS) is 18.3. The lowest BCUT2D eigenvalue weighted by Crippen LogP contribution is -2.25. The molecule has 0 bridgehead atoms. The fourth-order valence-electron chi connectivity index (χ4n) is 4.40. The third-order valence-electron chi connectivity index (χ3n) is 6.22. The van der Waals surface area contributed by atoms with Crippen molar-refractivity contribution in [2.45, 2.75) is 44.8 Å². The Kier molecular flexibility index (Phi) is 7.59. The van der Waals surface area contributed by atoms with Crippen LogP contribution in [0.4, 0.5) is 30.7 Å². The molecular weight excluding hydrogens is 489 g/mol. The first-order valence-electron chi connectivity index (χ1n) is 11.5. The van der Waals surface area contributed by atoms with Crippen LogP contribution in [0.15, 0.2) is 48.5 Å². The summed E-state index contributed by atoms with van der Waals surface area (Å²) in [4.78, 5) is 0. The third kappa shape index (κ3) is 5.51. The summed E-state index contributed by atoms with van der Waals surface area (Å²) in [6, 6.07) is 8.48. The Bertz CT molecular complexity index is 1170. The molecule has 1 fully saturated rings. The second kappa shape index (κ2) is 10.5. The molecule has 9 heteroatoms. The molecule has 4 rings (SSSR count). The molecule has 1 aliphatic rings. The van der Waals surface area contributed by atoms with E-state index in [1.807, 2.05) is 0 Å². The van der Waals surface area contributed by atoms with Gasteiger partial charge in [0.05, 0.1) is 12.7 Å². The summed E-state index contributed by atoms with van der Waals surface area (Å²) < 4.78 is 108. The highest BCUT2D eigenvalue weighted by Gasteiger charge is 2.41. The molecular formula is C27H23F7O2. The van der Waals surface area contributed by atoms with Gasteiger partial charge in [0.1, 0.15) is 22.9 Å². The van der Waals surface area contributed by atoms with Crippen molar-refractivity contribution in [3.63, 3.8) is 0 Å². The molecule has 0 amide bonds. The third-order valence-corrected chi connectivity index (χ3v) is 6.22. The van der Waals surface area contributed by atoms with Gasteiger partial charge in [-0.3, -0.25) is 0 Å². The average Bonchev–Trinajstić information content (AvgIpc) is 2.82. The van der Waals surface area contributed by atoms with E-state index in [0.717, 1.165) is 31.2 Å². The van der Waals surface area contributed by atoms with Gasteiger partial charge in [0.25, 0.3) is 0 Å². The van der Waals surface area contributed by atoms with Crippen molar-refractivity contribution in [1.82, 2.24) is 0 Å². The standard InChI is InChI=1S/C27H23F7O2/c1-2-3-15-4-9-24(35-14-15)17-7-5-16(6-8-17)18-10-20(28)25(21(29)11-18)27(33,34)36-19-12-22(30)26(32)23(31)13-19/h5-8,10-13,15,24H,2-4,9,14H2,1H3. The molecule has 2 unspecified atom stereocenters. The molecule has 3 aromatic rings. The zero-order chi connectivity index (χ0) is 26.0. The first-order valence-corrected chi connectivity index (χ1v) is 11.5. The van der Waals surface area contributed by atoms with Crippen LogP contribution in [-0.4, -0.2) is 6.61 Å². The van der Waals surface area contributed by atoms with Gasteiger partial charge >= 0.3 is 6.11 Å². The molecule has 0 aromatic heterocycles. The topological polar surface area (TPSA) is 18.5 Å². The van der Waals surface area contributed by atoms with Crippen LogP contribution < -0.4 is 4.74 Å². The van der Waals surface area contributed by atoms with E-state index in [0.29, 0.717) is 30.2 Å². The monoisotopic (exact) mass is 512 g/mol. The van der Waals surface area contributed by atoms with Gasteiger partial charge in [-0.1, -0.05) is 37.6 Å². The fraction of sp³-hybridized carbons (Fsp3) is 0.333. The molecule has 192 valence electrons. The number of hydrogen-bond donors (Lipinski definition) is 0. The molecule has 3 aromatic carbocycles. The summed E-state index contributed by atoms with van der Waals surface area (Å²) in [5, 5.41) is 0. The van der Waals surface area contributed by atoms with E-state index in [4.69, 9.17) is 4.74 Å². The molecule has 0 radical (unpaired) electrons. The number of rotatable bonds is 7. The minimum absolute atomic E-state index is 0.00236. The smallest absolute Gasteiger partial charge is 0.429 e. The average molecular weight is 512 g/mol. The number of halogens is 7. The Morgan fingerprint density at radius 1 is 0.833 bits per heavy atom. The van der Waals surface area contributed by atoms with Crippen LogP contribution in [0.25, 0.3) is 11.1 Å². The summed E-state index contributed by atoms with van der Waals surface area (Å²) in [5.74, 6) is -9.33. The molecule has 0 spiro atoms. The quantitative estimate of drug-likeness (QED) is 0.234. The molecule has 0 aliphatic carbocycles. The first-order chi connectivity index (χ1) is 17.1. The molecule has 0 saturated carbocycles. The van der Waals surface area contributed by atoms with E-state index < -0.39 is 46.5 Å². The van der Waals surface area contributed by atoms with E-state index in [2.05, 4.69) is 11.7 Å². The summed E-state index contributed by atoms with van der Waals surface area (Å²) in [6.45, 7) is 2.80. The van der Waals surface area contributed by atoms with Gasteiger partial charge in [-0.15, -0.1) is 0 Å². The molecule has 0 N–H and O–H groups in total. The molecule has 1 aliphatic heterocycles. The van der Waals surface area contributed by atoms with Gasteiger partial charge < -0.3 is 9.47 Å². The number of alkyl halides is 2. The van der Waals surface area contributed by atoms with E-state index in [1.165, 1.54) is 0 Å². The largest absolute Gasteiger partial charge is 0.432 e. The van der Waals surface area contributed by atoms with Crippen molar-refractivity contribution < 1.29 is 40.2 Å². The summed E-state index contributed by atoms with van der Waals surface area (Å²) in [7, 11) is 0. The minimum atomic E-state index is -4.64. The Morgan fingerprint density at radius 3 is 1.97 bits per heavy atom. The molecule has 2 nitrogen and oxygen atoms in total. The van der Waals surface area contributed by atoms with Crippen molar-refractivity contribution >= 4 is 0 Å². The van der Waals surface area contributed by atoms with Crippen LogP contribution in [0.5, 0.6) is 5.75 Å². The number of hydrogen-bond acceptors (Lipinski definition) is 2. The predicted molar refractivity (Wildman–Crippen MR) is 119 cm³/mol. The maximum atomic E-state index is 14.7. The number of benzene rings is 3. The molecule has 1 heterocycles.